The van der Waals surface area contributed by atoms with E-state index < -0.39 is 5.97 Å². The van der Waals surface area contributed by atoms with Crippen LogP contribution < -0.4 is 16.0 Å². The quantitative estimate of drug-likeness (QED) is 0.423. The molecule has 0 spiro atoms. The van der Waals surface area contributed by atoms with Gasteiger partial charge in [0.05, 0.1) is 30.2 Å². The van der Waals surface area contributed by atoms with Crippen molar-refractivity contribution in [2.75, 3.05) is 75.6 Å². The van der Waals surface area contributed by atoms with Gasteiger partial charge in [-0.05, 0) is 36.4 Å². The number of hydrogen-bond acceptors (Lipinski definition) is 8. The molecule has 3 rings (SSSR count). The lowest BCUT2D eigenvalue weighted by molar-refractivity contribution is 0.0434. The van der Waals surface area contributed by atoms with Crippen molar-refractivity contribution in [2.24, 2.45) is 0 Å². The summed E-state index contributed by atoms with van der Waals surface area (Å²) >= 11 is 0. The predicted octanol–water partition coefficient (Wildman–Crippen LogP) is 1.93. The summed E-state index contributed by atoms with van der Waals surface area (Å²) in [6.07, 6.45) is 0. The van der Waals surface area contributed by atoms with Crippen LogP contribution in [0, 0.1) is 0 Å². The summed E-state index contributed by atoms with van der Waals surface area (Å²) < 4.78 is 10.1. The number of aliphatic hydroxyl groups excluding tert-OH is 1. The zero-order chi connectivity index (χ0) is 21.3. The molecule has 0 aromatic heterocycles. The van der Waals surface area contributed by atoms with Gasteiger partial charge in [-0.2, -0.15) is 0 Å². The van der Waals surface area contributed by atoms with E-state index in [0.29, 0.717) is 11.3 Å². The number of nitrogens with zero attached hydrogens (tertiary/aromatic N) is 2. The highest BCUT2D eigenvalue weighted by atomic mass is 16.5. The van der Waals surface area contributed by atoms with Crippen LogP contribution in [0.5, 0.6) is 0 Å². The molecule has 0 bridgehead atoms. The number of carbonyl (C=O) groups is 1. The van der Waals surface area contributed by atoms with Gasteiger partial charge in [0.25, 0.3) is 0 Å². The molecular formula is C22H30N4O4. The maximum atomic E-state index is 11.9. The van der Waals surface area contributed by atoms with Gasteiger partial charge in [0.2, 0.25) is 0 Å². The van der Waals surface area contributed by atoms with Crippen molar-refractivity contribution < 1.29 is 19.4 Å². The molecule has 0 radical (unpaired) electrons. The minimum atomic E-state index is -0.506. The highest BCUT2D eigenvalue weighted by Crippen LogP contribution is 2.27. The summed E-state index contributed by atoms with van der Waals surface area (Å²) in [4.78, 5) is 16.7. The Kier molecular flexibility index (Phi) is 7.89. The van der Waals surface area contributed by atoms with E-state index in [1.54, 1.807) is 25.3 Å². The first-order valence-corrected chi connectivity index (χ1v) is 10.1. The van der Waals surface area contributed by atoms with Gasteiger partial charge in [-0.15, -0.1) is 0 Å². The summed E-state index contributed by atoms with van der Waals surface area (Å²) in [5, 5.41) is 12.1. The smallest absolute Gasteiger partial charge is 0.338 e. The van der Waals surface area contributed by atoms with Gasteiger partial charge < -0.3 is 30.5 Å². The van der Waals surface area contributed by atoms with Crippen molar-refractivity contribution in [1.82, 2.24) is 4.90 Å². The molecule has 0 aliphatic carbocycles. The summed E-state index contributed by atoms with van der Waals surface area (Å²) in [5.41, 5.74) is 9.74. The second kappa shape index (κ2) is 10.8. The van der Waals surface area contributed by atoms with E-state index >= 15 is 0 Å². The van der Waals surface area contributed by atoms with E-state index in [1.807, 2.05) is 12.1 Å². The van der Waals surface area contributed by atoms with Gasteiger partial charge in [0.1, 0.15) is 6.61 Å². The number of nitrogens with one attached hydrogen (secondary N) is 1. The third-order valence-corrected chi connectivity index (χ3v) is 5.09. The first kappa shape index (κ1) is 21.9. The van der Waals surface area contributed by atoms with Crippen molar-refractivity contribution in [3.8, 4) is 0 Å². The SMILES string of the molecule is COCCN1CCN(c2cccc(Nc3ccc(C(=O)OCCO)cc3N)c2)CC1. The van der Waals surface area contributed by atoms with E-state index in [-0.39, 0.29) is 13.2 Å². The zero-order valence-electron chi connectivity index (χ0n) is 17.3. The monoisotopic (exact) mass is 414 g/mol. The molecule has 0 atom stereocenters. The van der Waals surface area contributed by atoms with E-state index in [2.05, 4.69) is 27.2 Å². The number of nitrogens with two attached hydrogens (primary N) is 1. The number of ether oxygens (including phenoxy) is 2. The third kappa shape index (κ3) is 5.85. The number of piperazine rings is 1. The van der Waals surface area contributed by atoms with Gasteiger partial charge in [-0.3, -0.25) is 4.90 Å². The van der Waals surface area contributed by atoms with Crippen molar-refractivity contribution in [2.45, 2.75) is 0 Å². The summed E-state index contributed by atoms with van der Waals surface area (Å²) in [6.45, 7) is 5.46. The molecule has 1 fully saturated rings. The van der Waals surface area contributed by atoms with Gasteiger partial charge in [0.15, 0.2) is 0 Å². The normalized spacial score (nSPS) is 14.5. The molecule has 0 unspecified atom stereocenters. The molecule has 8 heteroatoms. The molecule has 8 nitrogen and oxygen atoms in total. The lowest BCUT2D eigenvalue weighted by atomic mass is 10.1. The number of benzene rings is 2. The molecule has 162 valence electrons. The maximum absolute atomic E-state index is 11.9. The summed E-state index contributed by atoms with van der Waals surface area (Å²) in [6, 6.07) is 13.2. The number of nitrogen functional groups attached to an aromatic ring is 1. The van der Waals surface area contributed by atoms with E-state index in [9.17, 15) is 4.79 Å². The van der Waals surface area contributed by atoms with Gasteiger partial charge in [-0.25, -0.2) is 4.79 Å². The second-order valence-electron chi connectivity index (χ2n) is 7.16. The van der Waals surface area contributed by atoms with E-state index in [1.165, 1.54) is 0 Å². The van der Waals surface area contributed by atoms with Crippen LogP contribution in [0.25, 0.3) is 0 Å². The van der Waals surface area contributed by atoms with E-state index in [4.69, 9.17) is 20.3 Å². The van der Waals surface area contributed by atoms with Crippen molar-refractivity contribution in [3.63, 3.8) is 0 Å². The molecule has 1 heterocycles. The van der Waals surface area contributed by atoms with E-state index in [0.717, 1.165) is 56.4 Å². The molecule has 1 saturated heterocycles. The summed E-state index contributed by atoms with van der Waals surface area (Å²) in [7, 11) is 1.73. The Hall–Kier alpha value is -2.81. The van der Waals surface area contributed by atoms with Crippen LogP contribution >= 0.6 is 0 Å². The molecule has 0 amide bonds. The summed E-state index contributed by atoms with van der Waals surface area (Å²) in [5.74, 6) is -0.506. The van der Waals surface area contributed by atoms with Crippen molar-refractivity contribution >= 4 is 28.7 Å². The number of carbonyl (C=O) groups excluding carboxylic acids is 1. The third-order valence-electron chi connectivity index (χ3n) is 5.09. The molecule has 1 aliphatic rings. The van der Waals surface area contributed by atoms with Crippen LogP contribution in [-0.4, -0.2) is 75.6 Å². The fourth-order valence-corrected chi connectivity index (χ4v) is 3.41. The fraction of sp³-hybridized carbons (Fsp3) is 0.409. The van der Waals surface area contributed by atoms with Crippen LogP contribution in [0.15, 0.2) is 42.5 Å². The number of aliphatic hydroxyl groups is 1. The average Bonchev–Trinajstić information content (AvgIpc) is 2.78. The molecule has 4 N–H and O–H groups in total. The highest BCUT2D eigenvalue weighted by molar-refractivity contribution is 5.92. The van der Waals surface area contributed by atoms with Gasteiger partial charge >= 0.3 is 5.97 Å². The lowest BCUT2D eigenvalue weighted by Gasteiger charge is -2.36. The standard InChI is InChI=1S/C22H30N4O4/c1-29-13-11-25-7-9-26(10-8-25)19-4-2-3-18(16-19)24-21-6-5-17(15-20(21)23)22(28)30-14-12-27/h2-6,15-16,24,27H,7-14,23H2,1H3. The van der Waals surface area contributed by atoms with Gasteiger partial charge in [-0.1, -0.05) is 6.07 Å². The first-order valence-electron chi connectivity index (χ1n) is 10.1. The molecule has 30 heavy (non-hydrogen) atoms. The molecule has 0 saturated carbocycles. The minimum absolute atomic E-state index is 0.0355. The Morgan fingerprint density at radius 3 is 2.63 bits per heavy atom. The Labute approximate surface area is 177 Å². The van der Waals surface area contributed by atoms with Crippen molar-refractivity contribution in [1.29, 1.82) is 0 Å². The topological polar surface area (TPSA) is 100 Å². The Balaban J connectivity index is 1.62. The van der Waals surface area contributed by atoms with Crippen molar-refractivity contribution in [3.05, 3.63) is 48.0 Å². The molecule has 2 aromatic rings. The van der Waals surface area contributed by atoms with Crippen LogP contribution in [-0.2, 0) is 9.47 Å². The number of esters is 1. The second-order valence-corrected chi connectivity index (χ2v) is 7.16. The number of rotatable bonds is 9. The van der Waals surface area contributed by atoms with Crippen LogP contribution in [0.1, 0.15) is 10.4 Å². The number of methoxy groups -OCH3 is 1. The molecule has 2 aromatic carbocycles. The van der Waals surface area contributed by atoms with Gasteiger partial charge in [0, 0.05) is 51.2 Å². The largest absolute Gasteiger partial charge is 0.460 e. The lowest BCUT2D eigenvalue weighted by Crippen LogP contribution is -2.47. The molecular weight excluding hydrogens is 384 g/mol. The highest BCUT2D eigenvalue weighted by Gasteiger charge is 2.17. The Morgan fingerprint density at radius 2 is 1.93 bits per heavy atom. The first-order chi connectivity index (χ1) is 14.6. The fourth-order valence-electron chi connectivity index (χ4n) is 3.41. The van der Waals surface area contributed by atoms with Crippen LogP contribution in [0.4, 0.5) is 22.7 Å². The zero-order valence-corrected chi connectivity index (χ0v) is 17.3. The number of hydrogen-bond donors (Lipinski definition) is 3. The average molecular weight is 415 g/mol. The maximum Gasteiger partial charge on any atom is 0.338 e. The predicted molar refractivity (Wildman–Crippen MR) is 118 cm³/mol. The van der Waals surface area contributed by atoms with Crippen LogP contribution in [0.3, 0.4) is 0 Å². The minimum Gasteiger partial charge on any atom is -0.460 e. The van der Waals surface area contributed by atoms with Crippen LogP contribution in [0.2, 0.25) is 0 Å². The molecule has 1 aliphatic heterocycles. The Bertz CT molecular complexity index is 838. The number of anilines is 4. The Morgan fingerprint density at radius 1 is 1.13 bits per heavy atom.